The maximum Gasteiger partial charge on any atom is 0.326 e. The van der Waals surface area contributed by atoms with Crippen LogP contribution in [0.15, 0.2) is 71.1 Å². The maximum atomic E-state index is 14.1. The van der Waals surface area contributed by atoms with Gasteiger partial charge in [0, 0.05) is 30.6 Å². The number of halogens is 1. The quantitative estimate of drug-likeness (QED) is 0.193. The molecule has 1 fully saturated rings. The molecule has 4 aromatic rings. The number of carbonyl (C=O) groups is 2. The van der Waals surface area contributed by atoms with Gasteiger partial charge in [-0.05, 0) is 60.9 Å². The second-order valence-corrected chi connectivity index (χ2v) is 10.5. The number of Topliss-reactive ketones (excluding diaryl/α,β-unsaturated/α-hetero) is 1. The molecule has 0 bridgehead atoms. The van der Waals surface area contributed by atoms with Crippen LogP contribution in [0.5, 0.6) is 5.75 Å². The zero-order valence-electron chi connectivity index (χ0n) is 23.0. The summed E-state index contributed by atoms with van der Waals surface area (Å²) >= 11 is 0. The van der Waals surface area contributed by atoms with E-state index in [1.54, 1.807) is 24.3 Å². The average molecular weight is 560 g/mol. The second kappa shape index (κ2) is 12.8. The van der Waals surface area contributed by atoms with E-state index < -0.39 is 17.8 Å². The third kappa shape index (κ3) is 7.03. The Labute approximate surface area is 238 Å². The zero-order chi connectivity index (χ0) is 28.8. The van der Waals surface area contributed by atoms with Crippen LogP contribution in [-0.4, -0.2) is 48.1 Å². The largest absolute Gasteiger partial charge is 0.492 e. The van der Waals surface area contributed by atoms with Crippen LogP contribution in [0.1, 0.15) is 48.0 Å². The molecule has 2 N–H and O–H groups in total. The van der Waals surface area contributed by atoms with Crippen LogP contribution < -0.4 is 15.0 Å². The van der Waals surface area contributed by atoms with Crippen molar-refractivity contribution >= 4 is 34.6 Å². The molecular formula is C32H34FN3O5. The molecule has 0 spiro atoms. The van der Waals surface area contributed by atoms with Crippen molar-refractivity contribution in [3.63, 3.8) is 0 Å². The van der Waals surface area contributed by atoms with E-state index in [4.69, 9.17) is 9.15 Å². The molecule has 1 aliphatic rings. The van der Waals surface area contributed by atoms with Crippen LogP contribution in [0.25, 0.3) is 11.1 Å². The lowest BCUT2D eigenvalue weighted by molar-refractivity contribution is -0.137. The first-order valence-electron chi connectivity index (χ1n) is 14.0. The number of oxazole rings is 1. The Morgan fingerprint density at radius 2 is 1.85 bits per heavy atom. The second-order valence-electron chi connectivity index (χ2n) is 10.5. The smallest absolute Gasteiger partial charge is 0.326 e. The fraction of sp³-hybridized carbons (Fsp3) is 0.344. The first-order valence-corrected chi connectivity index (χ1v) is 14.0. The Morgan fingerprint density at radius 1 is 1.10 bits per heavy atom. The third-order valence-corrected chi connectivity index (χ3v) is 7.52. The van der Waals surface area contributed by atoms with Crippen LogP contribution in [0.4, 0.5) is 16.1 Å². The van der Waals surface area contributed by atoms with Crippen LogP contribution >= 0.6 is 0 Å². The van der Waals surface area contributed by atoms with Gasteiger partial charge in [-0.3, -0.25) is 4.79 Å². The number of para-hydroxylation sites is 2. The first-order chi connectivity index (χ1) is 19.9. The number of ether oxygens (including phenoxy) is 1. The molecular weight excluding hydrogens is 525 g/mol. The molecule has 8 nitrogen and oxygen atoms in total. The molecule has 1 unspecified atom stereocenters. The summed E-state index contributed by atoms with van der Waals surface area (Å²) in [5.41, 5.74) is 2.85. The molecule has 41 heavy (non-hydrogen) atoms. The molecule has 1 heterocycles. The summed E-state index contributed by atoms with van der Waals surface area (Å²) in [5.74, 6) is -1.14. The van der Waals surface area contributed by atoms with Crippen LogP contribution in [0.3, 0.4) is 0 Å². The summed E-state index contributed by atoms with van der Waals surface area (Å²) in [6.45, 7) is 0.945. The summed E-state index contributed by atoms with van der Waals surface area (Å²) < 4.78 is 25.8. The van der Waals surface area contributed by atoms with E-state index in [0.29, 0.717) is 30.5 Å². The van der Waals surface area contributed by atoms with E-state index in [1.807, 2.05) is 36.2 Å². The molecule has 9 heteroatoms. The molecule has 1 atom stereocenters. The Hall–Kier alpha value is -4.40. The fourth-order valence-electron chi connectivity index (χ4n) is 5.20. The van der Waals surface area contributed by atoms with Crippen molar-refractivity contribution in [2.45, 2.75) is 44.6 Å². The number of fused-ring (bicyclic) bond motifs is 1. The fourth-order valence-corrected chi connectivity index (χ4v) is 5.20. The topological polar surface area (TPSA) is 105 Å². The number of hydrogen-bond acceptors (Lipinski definition) is 7. The van der Waals surface area contributed by atoms with Crippen molar-refractivity contribution in [3.05, 3.63) is 83.7 Å². The van der Waals surface area contributed by atoms with Gasteiger partial charge in [0.1, 0.15) is 29.7 Å². The number of likely N-dealkylation sites (N-methyl/N-ethyl adjacent to an activating group) is 1. The summed E-state index contributed by atoms with van der Waals surface area (Å²) in [6, 6.07) is 18.1. The number of hydrogen-bond donors (Lipinski definition) is 2. The standard InChI is InChI=1S/C32H34FN3O5/c1-36(32-35-26-9-5-6-10-29(26)41-32)17-18-40-24-14-11-21(12-15-24)19-28(31(38)39)34-27-20-23(33)13-16-25(27)30(37)22-7-3-2-4-8-22/h5-6,9-16,20,22,28,34H,2-4,7-8,17-19H2,1H3,(H,38,39). The SMILES string of the molecule is CN(CCOc1ccc(CC(Nc2cc(F)ccc2C(=O)C2CCCCC2)C(=O)O)cc1)c1nc2ccccc2o1. The van der Waals surface area contributed by atoms with Gasteiger partial charge in [-0.25, -0.2) is 9.18 Å². The molecule has 3 aromatic carbocycles. The predicted molar refractivity (Wildman–Crippen MR) is 155 cm³/mol. The van der Waals surface area contributed by atoms with Crippen molar-refractivity contribution in [3.8, 4) is 5.75 Å². The minimum absolute atomic E-state index is 0.0559. The highest BCUT2D eigenvalue weighted by molar-refractivity contribution is 6.03. The summed E-state index contributed by atoms with van der Waals surface area (Å²) in [7, 11) is 1.88. The normalized spacial score (nSPS) is 14.5. The minimum Gasteiger partial charge on any atom is -0.492 e. The minimum atomic E-state index is -1.09. The molecule has 5 rings (SSSR count). The van der Waals surface area contributed by atoms with Gasteiger partial charge in [-0.15, -0.1) is 0 Å². The Bertz CT molecular complexity index is 1460. The van der Waals surface area contributed by atoms with Gasteiger partial charge in [0.25, 0.3) is 6.01 Å². The maximum absolute atomic E-state index is 14.1. The number of rotatable bonds is 12. The number of nitrogens with one attached hydrogen (secondary N) is 1. The van der Waals surface area contributed by atoms with Crippen molar-refractivity contribution in [1.29, 1.82) is 0 Å². The lowest BCUT2D eigenvalue weighted by atomic mass is 9.83. The molecule has 1 saturated carbocycles. The van der Waals surface area contributed by atoms with E-state index in [1.165, 1.54) is 18.2 Å². The number of carboxylic acid groups (broad SMARTS) is 1. The number of carboxylic acids is 1. The van der Waals surface area contributed by atoms with Gasteiger partial charge < -0.3 is 24.5 Å². The van der Waals surface area contributed by atoms with E-state index >= 15 is 0 Å². The Balaban J connectivity index is 1.18. The highest BCUT2D eigenvalue weighted by Gasteiger charge is 2.27. The van der Waals surface area contributed by atoms with E-state index in [0.717, 1.165) is 48.8 Å². The monoisotopic (exact) mass is 559 g/mol. The van der Waals surface area contributed by atoms with Crippen molar-refractivity contribution in [2.24, 2.45) is 5.92 Å². The number of aromatic nitrogens is 1. The lowest BCUT2D eigenvalue weighted by Crippen LogP contribution is -2.32. The van der Waals surface area contributed by atoms with Gasteiger partial charge in [-0.1, -0.05) is 43.5 Å². The number of nitrogens with zero attached hydrogens (tertiary/aromatic N) is 2. The molecule has 0 radical (unpaired) electrons. The summed E-state index contributed by atoms with van der Waals surface area (Å²) in [6.07, 6.45) is 4.85. The van der Waals surface area contributed by atoms with Crippen LogP contribution in [0, 0.1) is 11.7 Å². The molecule has 0 aliphatic heterocycles. The molecule has 0 amide bonds. The number of ketones is 1. The highest BCUT2D eigenvalue weighted by atomic mass is 19.1. The molecule has 1 aliphatic carbocycles. The van der Waals surface area contributed by atoms with Gasteiger partial charge in [0.15, 0.2) is 11.4 Å². The molecule has 0 saturated heterocycles. The van der Waals surface area contributed by atoms with Gasteiger partial charge in [0.05, 0.1) is 6.54 Å². The number of aliphatic carboxylic acids is 1. The summed E-state index contributed by atoms with van der Waals surface area (Å²) in [5, 5.41) is 12.9. The van der Waals surface area contributed by atoms with Crippen molar-refractivity contribution in [1.82, 2.24) is 4.98 Å². The van der Waals surface area contributed by atoms with Crippen molar-refractivity contribution < 1.29 is 28.2 Å². The van der Waals surface area contributed by atoms with Crippen molar-refractivity contribution in [2.75, 3.05) is 30.4 Å². The zero-order valence-corrected chi connectivity index (χ0v) is 23.0. The van der Waals surface area contributed by atoms with Gasteiger partial charge in [-0.2, -0.15) is 4.98 Å². The Morgan fingerprint density at radius 3 is 2.59 bits per heavy atom. The lowest BCUT2D eigenvalue weighted by Gasteiger charge is -2.23. The average Bonchev–Trinajstić information content (AvgIpc) is 3.42. The van der Waals surface area contributed by atoms with Crippen LogP contribution in [0.2, 0.25) is 0 Å². The van der Waals surface area contributed by atoms with Gasteiger partial charge in [0.2, 0.25) is 0 Å². The number of carbonyl (C=O) groups excluding carboxylic acids is 1. The molecule has 214 valence electrons. The predicted octanol–water partition coefficient (Wildman–Crippen LogP) is 6.35. The van der Waals surface area contributed by atoms with Crippen LogP contribution in [-0.2, 0) is 11.2 Å². The highest BCUT2D eigenvalue weighted by Crippen LogP contribution is 2.30. The van der Waals surface area contributed by atoms with E-state index in [2.05, 4.69) is 10.3 Å². The van der Waals surface area contributed by atoms with E-state index in [9.17, 15) is 19.1 Å². The third-order valence-electron chi connectivity index (χ3n) is 7.52. The first kappa shape index (κ1) is 28.1. The number of benzene rings is 3. The summed E-state index contributed by atoms with van der Waals surface area (Å²) in [4.78, 5) is 31.7. The Kier molecular flexibility index (Phi) is 8.82. The van der Waals surface area contributed by atoms with Gasteiger partial charge >= 0.3 is 5.97 Å². The number of anilines is 2. The molecule has 1 aromatic heterocycles. The van der Waals surface area contributed by atoms with E-state index in [-0.39, 0.29) is 23.8 Å².